The summed E-state index contributed by atoms with van der Waals surface area (Å²) in [6.45, 7) is 6.01. The van der Waals surface area contributed by atoms with Crippen LogP contribution >= 0.6 is 11.3 Å². The van der Waals surface area contributed by atoms with Crippen LogP contribution in [0.25, 0.3) is 0 Å². The van der Waals surface area contributed by atoms with E-state index in [0.29, 0.717) is 0 Å². The first-order valence-electron chi connectivity index (χ1n) is 3.52. The fourth-order valence-electron chi connectivity index (χ4n) is 0.696. The van der Waals surface area contributed by atoms with Crippen LogP contribution in [0.4, 0.5) is 5.13 Å². The van der Waals surface area contributed by atoms with E-state index in [9.17, 15) is 10.1 Å². The second kappa shape index (κ2) is 2.82. The van der Waals surface area contributed by atoms with Crippen molar-refractivity contribution in [3.8, 4) is 0 Å². The summed E-state index contributed by atoms with van der Waals surface area (Å²) in [5, 5.41) is 10.3. The van der Waals surface area contributed by atoms with Gasteiger partial charge < -0.3 is 10.1 Å². The molecular formula is C7H10N2O2S. The van der Waals surface area contributed by atoms with Crippen molar-refractivity contribution in [1.82, 2.24) is 4.98 Å². The van der Waals surface area contributed by atoms with Crippen molar-refractivity contribution in [3.05, 3.63) is 21.2 Å². The number of rotatable bonds is 1. The minimum atomic E-state index is -0.458. The van der Waals surface area contributed by atoms with Gasteiger partial charge in [0.15, 0.2) is 6.20 Å². The molecule has 12 heavy (non-hydrogen) atoms. The van der Waals surface area contributed by atoms with E-state index in [4.69, 9.17) is 0 Å². The Labute approximate surface area is 74.4 Å². The smallest absolute Gasteiger partial charge is 0.357 e. The van der Waals surface area contributed by atoms with Crippen LogP contribution in [-0.4, -0.2) is 9.91 Å². The van der Waals surface area contributed by atoms with Crippen LogP contribution in [0.3, 0.4) is 0 Å². The molecule has 0 aromatic carbocycles. The Morgan fingerprint density at radius 2 is 2.17 bits per heavy atom. The predicted octanol–water partition coefficient (Wildman–Crippen LogP) is 2.35. The summed E-state index contributed by atoms with van der Waals surface area (Å²) < 4.78 is 0. The predicted molar refractivity (Wildman–Crippen MR) is 47.5 cm³/mol. The van der Waals surface area contributed by atoms with Crippen molar-refractivity contribution in [2.45, 2.75) is 26.2 Å². The van der Waals surface area contributed by atoms with Crippen LogP contribution in [0, 0.1) is 10.1 Å². The molecule has 0 atom stereocenters. The SMILES string of the molecule is CC(C)(C)c1cnc([N+](=O)[O-])s1. The minimum Gasteiger partial charge on any atom is -0.357 e. The molecule has 0 fully saturated rings. The Morgan fingerprint density at radius 3 is 2.42 bits per heavy atom. The van der Waals surface area contributed by atoms with Crippen molar-refractivity contribution in [2.75, 3.05) is 0 Å². The third kappa shape index (κ3) is 1.79. The molecule has 0 radical (unpaired) electrons. The van der Waals surface area contributed by atoms with E-state index < -0.39 is 4.92 Å². The average Bonchev–Trinajstić information content (AvgIpc) is 2.30. The number of thiazole rings is 1. The van der Waals surface area contributed by atoms with Crippen molar-refractivity contribution in [1.29, 1.82) is 0 Å². The molecule has 66 valence electrons. The lowest BCUT2D eigenvalue weighted by Gasteiger charge is -2.12. The lowest BCUT2D eigenvalue weighted by molar-refractivity contribution is -0.384. The summed E-state index contributed by atoms with van der Waals surface area (Å²) in [5.41, 5.74) is -0.0497. The summed E-state index contributed by atoms with van der Waals surface area (Å²) in [7, 11) is 0. The van der Waals surface area contributed by atoms with Gasteiger partial charge in [0, 0.05) is 5.41 Å². The maximum atomic E-state index is 10.3. The third-order valence-electron chi connectivity index (χ3n) is 1.39. The molecule has 0 spiro atoms. The molecule has 0 amide bonds. The molecule has 0 saturated heterocycles. The fourth-order valence-corrected chi connectivity index (χ4v) is 1.48. The van der Waals surface area contributed by atoms with E-state index in [2.05, 4.69) is 4.98 Å². The van der Waals surface area contributed by atoms with Gasteiger partial charge in [0.1, 0.15) is 0 Å². The first-order valence-corrected chi connectivity index (χ1v) is 4.33. The van der Waals surface area contributed by atoms with Crippen molar-refractivity contribution >= 4 is 16.5 Å². The van der Waals surface area contributed by atoms with Crippen molar-refractivity contribution in [2.24, 2.45) is 0 Å². The summed E-state index contributed by atoms with van der Waals surface area (Å²) in [6.07, 6.45) is 1.57. The Balaban J connectivity index is 3.00. The van der Waals surface area contributed by atoms with Gasteiger partial charge in [0.25, 0.3) is 0 Å². The zero-order chi connectivity index (χ0) is 9.35. The monoisotopic (exact) mass is 186 g/mol. The lowest BCUT2D eigenvalue weighted by atomic mass is 9.96. The quantitative estimate of drug-likeness (QED) is 0.499. The van der Waals surface area contributed by atoms with Crippen LogP contribution in [0.2, 0.25) is 0 Å². The van der Waals surface area contributed by atoms with E-state index in [1.54, 1.807) is 6.20 Å². The van der Waals surface area contributed by atoms with Crippen LogP contribution in [-0.2, 0) is 5.41 Å². The molecule has 0 unspecified atom stereocenters. The molecule has 0 aliphatic heterocycles. The second-order valence-corrected chi connectivity index (χ2v) is 4.52. The number of hydrogen-bond acceptors (Lipinski definition) is 4. The summed E-state index contributed by atoms with van der Waals surface area (Å²) >= 11 is 1.14. The highest BCUT2D eigenvalue weighted by atomic mass is 32.1. The normalized spacial score (nSPS) is 11.6. The standard InChI is InChI=1S/C7H10N2O2S/c1-7(2,3)5-4-8-6(12-5)9(10)11/h4H,1-3H3. The van der Waals surface area contributed by atoms with Gasteiger partial charge in [-0.3, -0.25) is 0 Å². The van der Waals surface area contributed by atoms with Crippen LogP contribution in [0.15, 0.2) is 6.20 Å². The highest BCUT2D eigenvalue weighted by Gasteiger charge is 2.22. The van der Waals surface area contributed by atoms with Gasteiger partial charge >= 0.3 is 5.13 Å². The summed E-state index contributed by atoms with van der Waals surface area (Å²) in [5.74, 6) is 0. The van der Waals surface area contributed by atoms with Gasteiger partial charge in [-0.2, -0.15) is 0 Å². The molecule has 0 saturated carbocycles. The Kier molecular flexibility index (Phi) is 2.14. The zero-order valence-electron chi connectivity index (χ0n) is 7.20. The lowest BCUT2D eigenvalue weighted by Crippen LogP contribution is -2.07. The van der Waals surface area contributed by atoms with Crippen LogP contribution in [0.5, 0.6) is 0 Å². The van der Waals surface area contributed by atoms with E-state index in [-0.39, 0.29) is 10.5 Å². The van der Waals surface area contributed by atoms with Gasteiger partial charge in [-0.05, 0) is 21.2 Å². The number of hydrogen-bond donors (Lipinski definition) is 0. The third-order valence-corrected chi connectivity index (χ3v) is 2.76. The Hall–Kier alpha value is -0.970. The van der Waals surface area contributed by atoms with Gasteiger partial charge in [-0.25, -0.2) is 0 Å². The largest absolute Gasteiger partial charge is 0.423 e. The fraction of sp³-hybridized carbons (Fsp3) is 0.571. The van der Waals surface area contributed by atoms with Crippen molar-refractivity contribution in [3.63, 3.8) is 0 Å². The molecule has 0 aliphatic carbocycles. The molecule has 5 heteroatoms. The minimum absolute atomic E-state index is 0.0278. The van der Waals surface area contributed by atoms with Gasteiger partial charge in [-0.1, -0.05) is 20.8 Å². The first-order chi connectivity index (χ1) is 5.41. The molecule has 1 rings (SSSR count). The molecule has 1 heterocycles. The van der Waals surface area contributed by atoms with Gasteiger partial charge in [0.2, 0.25) is 0 Å². The summed E-state index contributed by atoms with van der Waals surface area (Å²) in [4.78, 5) is 14.5. The average molecular weight is 186 g/mol. The number of aromatic nitrogens is 1. The maximum absolute atomic E-state index is 10.3. The molecular weight excluding hydrogens is 176 g/mol. The molecule has 1 aromatic heterocycles. The van der Waals surface area contributed by atoms with E-state index in [1.165, 1.54) is 0 Å². The zero-order valence-corrected chi connectivity index (χ0v) is 8.01. The topological polar surface area (TPSA) is 56.0 Å². The number of nitrogens with zero attached hydrogens (tertiary/aromatic N) is 2. The first kappa shape index (κ1) is 9.12. The van der Waals surface area contributed by atoms with E-state index >= 15 is 0 Å². The van der Waals surface area contributed by atoms with Crippen LogP contribution in [0.1, 0.15) is 25.6 Å². The highest BCUT2D eigenvalue weighted by molar-refractivity contribution is 7.14. The number of nitro groups is 1. The van der Waals surface area contributed by atoms with Gasteiger partial charge in [-0.15, -0.1) is 0 Å². The molecule has 0 bridgehead atoms. The van der Waals surface area contributed by atoms with Crippen molar-refractivity contribution < 1.29 is 4.92 Å². The second-order valence-electron chi connectivity index (χ2n) is 3.51. The molecule has 1 aromatic rings. The van der Waals surface area contributed by atoms with Gasteiger partial charge in [0.05, 0.1) is 4.88 Å². The molecule has 0 aliphatic rings. The maximum Gasteiger partial charge on any atom is 0.423 e. The molecule has 4 nitrogen and oxygen atoms in total. The van der Waals surface area contributed by atoms with E-state index in [0.717, 1.165) is 16.2 Å². The Morgan fingerprint density at radius 1 is 1.58 bits per heavy atom. The summed E-state index contributed by atoms with van der Waals surface area (Å²) in [6, 6.07) is 0. The molecule has 0 N–H and O–H groups in total. The van der Waals surface area contributed by atoms with Crippen LogP contribution < -0.4 is 0 Å². The Bertz CT molecular complexity index is 301. The highest BCUT2D eigenvalue weighted by Crippen LogP contribution is 2.30. The van der Waals surface area contributed by atoms with E-state index in [1.807, 2.05) is 20.8 Å².